The molecule has 0 aromatic heterocycles. The maximum Gasteiger partial charge on any atom is 0.0582 e. The molecule has 0 spiro atoms. The molecule has 1 aliphatic rings. The molecule has 0 aromatic carbocycles. The summed E-state index contributed by atoms with van der Waals surface area (Å²) in [5.74, 6) is 0. The minimum Gasteiger partial charge on any atom is -0.289 e. The minimum atomic E-state index is 0.227. The van der Waals surface area contributed by atoms with Gasteiger partial charge in [-0.15, -0.1) is 0 Å². The number of hydrogen-bond acceptors (Lipinski definition) is 1. The summed E-state index contributed by atoms with van der Waals surface area (Å²) < 4.78 is 0. The molecule has 104 valence electrons. The van der Waals surface area contributed by atoms with Crippen LogP contribution in [0.1, 0.15) is 68.2 Å². The van der Waals surface area contributed by atoms with Crippen molar-refractivity contribution in [1.82, 2.24) is 0 Å². The van der Waals surface area contributed by atoms with E-state index in [9.17, 15) is 0 Å². The third-order valence-corrected chi connectivity index (χ3v) is 3.71. The Morgan fingerprint density at radius 3 is 1.94 bits per heavy atom. The van der Waals surface area contributed by atoms with E-state index in [1.165, 1.54) is 12.0 Å². The Hall–Kier alpha value is -0.590. The SMILES string of the molecule is CC(C)(C)CC(C)(C)C1=CCC(C(C)(C)C)N=C1. The first-order valence-electron chi connectivity index (χ1n) is 7.16. The highest BCUT2D eigenvalue weighted by molar-refractivity contribution is 5.81. The van der Waals surface area contributed by atoms with E-state index in [2.05, 4.69) is 67.7 Å². The fourth-order valence-corrected chi connectivity index (χ4v) is 2.98. The van der Waals surface area contributed by atoms with E-state index >= 15 is 0 Å². The van der Waals surface area contributed by atoms with Crippen molar-refractivity contribution in [2.75, 3.05) is 0 Å². The van der Waals surface area contributed by atoms with Crippen LogP contribution in [0.3, 0.4) is 0 Å². The molecule has 1 heterocycles. The van der Waals surface area contributed by atoms with Crippen molar-refractivity contribution in [1.29, 1.82) is 0 Å². The lowest BCUT2D eigenvalue weighted by molar-refractivity contribution is 0.253. The molecule has 1 unspecified atom stereocenters. The largest absolute Gasteiger partial charge is 0.289 e. The van der Waals surface area contributed by atoms with Crippen LogP contribution >= 0.6 is 0 Å². The van der Waals surface area contributed by atoms with Crippen LogP contribution in [0.25, 0.3) is 0 Å². The molecule has 1 atom stereocenters. The summed E-state index contributed by atoms with van der Waals surface area (Å²) in [6, 6.07) is 0.437. The van der Waals surface area contributed by atoms with E-state index in [-0.39, 0.29) is 10.8 Å². The number of dihydropyridines is 1. The van der Waals surface area contributed by atoms with Gasteiger partial charge in [0, 0.05) is 6.21 Å². The van der Waals surface area contributed by atoms with Gasteiger partial charge in [-0.05, 0) is 34.7 Å². The van der Waals surface area contributed by atoms with E-state index in [1.807, 2.05) is 0 Å². The third kappa shape index (κ3) is 4.26. The lowest BCUT2D eigenvalue weighted by atomic mass is 9.71. The van der Waals surface area contributed by atoms with Gasteiger partial charge in [0.15, 0.2) is 0 Å². The topological polar surface area (TPSA) is 12.4 Å². The summed E-state index contributed by atoms with van der Waals surface area (Å²) in [6.07, 6.45) is 6.82. The van der Waals surface area contributed by atoms with Gasteiger partial charge >= 0.3 is 0 Å². The molecule has 18 heavy (non-hydrogen) atoms. The maximum atomic E-state index is 4.79. The molecule has 0 bridgehead atoms. The van der Waals surface area contributed by atoms with Gasteiger partial charge in [-0.2, -0.15) is 0 Å². The van der Waals surface area contributed by atoms with E-state index in [1.54, 1.807) is 0 Å². The smallest absolute Gasteiger partial charge is 0.0582 e. The van der Waals surface area contributed by atoms with Crippen molar-refractivity contribution in [3.05, 3.63) is 11.6 Å². The number of allylic oxidation sites excluding steroid dienone is 1. The van der Waals surface area contributed by atoms with E-state index in [0.717, 1.165) is 6.42 Å². The van der Waals surface area contributed by atoms with Crippen molar-refractivity contribution >= 4 is 6.21 Å². The Bertz CT molecular complexity index is 345. The van der Waals surface area contributed by atoms with Gasteiger partial charge in [-0.25, -0.2) is 0 Å². The number of rotatable bonds is 2. The molecule has 0 saturated carbocycles. The lowest BCUT2D eigenvalue weighted by Crippen LogP contribution is -2.29. The Labute approximate surface area is 114 Å². The molecule has 0 aromatic rings. The van der Waals surface area contributed by atoms with Crippen molar-refractivity contribution in [2.24, 2.45) is 21.2 Å². The predicted octanol–water partition coefficient (Wildman–Crippen LogP) is 5.26. The molecule has 0 aliphatic carbocycles. The van der Waals surface area contributed by atoms with Gasteiger partial charge in [0.2, 0.25) is 0 Å². The highest BCUT2D eigenvalue weighted by Crippen LogP contribution is 2.40. The molecule has 1 nitrogen and oxygen atoms in total. The summed E-state index contributed by atoms with van der Waals surface area (Å²) in [5, 5.41) is 0. The van der Waals surface area contributed by atoms with Crippen LogP contribution < -0.4 is 0 Å². The van der Waals surface area contributed by atoms with Gasteiger partial charge in [0.25, 0.3) is 0 Å². The summed E-state index contributed by atoms with van der Waals surface area (Å²) >= 11 is 0. The second kappa shape index (κ2) is 4.83. The molecule has 1 rings (SSSR count). The second-order valence-corrected chi connectivity index (χ2v) is 8.68. The average molecular weight is 249 g/mol. The first-order chi connectivity index (χ1) is 7.92. The first kappa shape index (κ1) is 15.5. The van der Waals surface area contributed by atoms with Gasteiger partial charge in [0.05, 0.1) is 6.04 Å². The number of nitrogens with zero attached hydrogens (tertiary/aromatic N) is 1. The maximum absolute atomic E-state index is 4.79. The Balaban J connectivity index is 2.78. The predicted molar refractivity (Wildman–Crippen MR) is 82.3 cm³/mol. The summed E-state index contributed by atoms with van der Waals surface area (Å²) in [4.78, 5) is 4.79. The molecule has 0 N–H and O–H groups in total. The number of aliphatic imine (C=N–C) groups is 1. The third-order valence-electron chi connectivity index (χ3n) is 3.71. The van der Waals surface area contributed by atoms with Crippen LogP contribution in [0, 0.1) is 16.2 Å². The van der Waals surface area contributed by atoms with Gasteiger partial charge in [-0.3, -0.25) is 4.99 Å². The number of hydrogen-bond donors (Lipinski definition) is 0. The molecule has 0 amide bonds. The van der Waals surface area contributed by atoms with Crippen LogP contribution in [0.15, 0.2) is 16.6 Å². The average Bonchev–Trinajstić information content (AvgIpc) is 2.13. The summed E-state index contributed by atoms with van der Waals surface area (Å²) in [7, 11) is 0. The normalized spacial score (nSPS) is 22.0. The van der Waals surface area contributed by atoms with Crippen LogP contribution in [0.5, 0.6) is 0 Å². The van der Waals surface area contributed by atoms with Crippen molar-refractivity contribution < 1.29 is 0 Å². The van der Waals surface area contributed by atoms with Gasteiger partial charge < -0.3 is 0 Å². The highest BCUT2D eigenvalue weighted by atomic mass is 14.8. The fraction of sp³-hybridized carbons (Fsp3) is 0.824. The van der Waals surface area contributed by atoms with Gasteiger partial charge in [0.1, 0.15) is 0 Å². The minimum absolute atomic E-state index is 0.227. The van der Waals surface area contributed by atoms with Crippen LogP contribution in [0.2, 0.25) is 0 Å². The quantitative estimate of drug-likeness (QED) is 0.632. The van der Waals surface area contributed by atoms with E-state index in [4.69, 9.17) is 4.99 Å². The van der Waals surface area contributed by atoms with Crippen LogP contribution in [-0.2, 0) is 0 Å². The molecular formula is C17H31N. The Morgan fingerprint density at radius 2 is 1.61 bits per heavy atom. The van der Waals surface area contributed by atoms with Crippen molar-refractivity contribution in [2.45, 2.75) is 74.3 Å². The Kier molecular flexibility index (Phi) is 4.15. The van der Waals surface area contributed by atoms with E-state index < -0.39 is 0 Å². The second-order valence-electron chi connectivity index (χ2n) is 8.68. The standard InChI is InChI=1S/C17H31N/c1-15(2,3)12-17(7,8)13-9-10-14(18-11-13)16(4,5)6/h9,11,14H,10,12H2,1-8H3. The molecule has 0 saturated heterocycles. The van der Waals surface area contributed by atoms with Gasteiger partial charge in [-0.1, -0.05) is 61.5 Å². The fourth-order valence-electron chi connectivity index (χ4n) is 2.98. The van der Waals surface area contributed by atoms with Crippen LogP contribution in [0.4, 0.5) is 0 Å². The zero-order valence-electron chi connectivity index (χ0n) is 13.6. The molecule has 1 heteroatoms. The molecule has 0 fully saturated rings. The summed E-state index contributed by atoms with van der Waals surface area (Å²) in [6.45, 7) is 18.4. The molecular weight excluding hydrogens is 218 g/mol. The summed E-state index contributed by atoms with van der Waals surface area (Å²) in [5.41, 5.74) is 2.27. The monoisotopic (exact) mass is 249 g/mol. The van der Waals surface area contributed by atoms with Crippen LogP contribution in [-0.4, -0.2) is 12.3 Å². The molecule has 1 aliphatic heterocycles. The zero-order valence-corrected chi connectivity index (χ0v) is 13.6. The first-order valence-corrected chi connectivity index (χ1v) is 7.16. The lowest BCUT2D eigenvalue weighted by Gasteiger charge is -2.36. The zero-order chi connectivity index (χ0) is 14.2. The highest BCUT2D eigenvalue weighted by Gasteiger charge is 2.31. The van der Waals surface area contributed by atoms with Crippen molar-refractivity contribution in [3.63, 3.8) is 0 Å². The Morgan fingerprint density at radius 1 is 1.06 bits per heavy atom. The molecule has 0 radical (unpaired) electrons. The van der Waals surface area contributed by atoms with Crippen molar-refractivity contribution in [3.8, 4) is 0 Å². The van der Waals surface area contributed by atoms with E-state index in [0.29, 0.717) is 11.5 Å².